The molecule has 2 N–H and O–H groups in total. The van der Waals surface area contributed by atoms with Gasteiger partial charge in [-0.05, 0) is 31.2 Å². The molecule has 2 aromatic heterocycles. The van der Waals surface area contributed by atoms with Gasteiger partial charge in [0.25, 0.3) is 22.2 Å². The lowest BCUT2D eigenvalue weighted by atomic mass is 10.1. The second kappa shape index (κ2) is 4.51. The molecule has 4 aromatic rings. The first-order valence-electron chi connectivity index (χ1n) is 7.17. The van der Waals surface area contributed by atoms with E-state index in [9.17, 15) is 19.2 Å². The Labute approximate surface area is 133 Å². The van der Waals surface area contributed by atoms with Gasteiger partial charge in [-0.1, -0.05) is 17.7 Å². The lowest BCUT2D eigenvalue weighted by Gasteiger charge is -2.00. The van der Waals surface area contributed by atoms with E-state index in [0.29, 0.717) is 10.4 Å². The van der Waals surface area contributed by atoms with Crippen molar-refractivity contribution in [3.63, 3.8) is 0 Å². The first kappa shape index (κ1) is 14.1. The predicted molar refractivity (Wildman–Crippen MR) is 91.1 cm³/mol. The van der Waals surface area contributed by atoms with E-state index >= 15 is 0 Å². The van der Waals surface area contributed by atoms with Gasteiger partial charge in [0.1, 0.15) is 0 Å². The smallest absolute Gasteiger partial charge is 0.280 e. The maximum Gasteiger partial charge on any atom is 0.280 e. The quantitative estimate of drug-likeness (QED) is 0.494. The molecule has 0 fully saturated rings. The first-order chi connectivity index (χ1) is 11.4. The summed E-state index contributed by atoms with van der Waals surface area (Å²) in [6, 6.07) is 9.46. The molecule has 0 spiro atoms. The van der Waals surface area contributed by atoms with Gasteiger partial charge in [0, 0.05) is 0 Å². The molecule has 118 valence electrons. The van der Waals surface area contributed by atoms with Crippen molar-refractivity contribution in [3.8, 4) is 5.69 Å². The lowest BCUT2D eigenvalue weighted by Crippen LogP contribution is -2.32. The van der Waals surface area contributed by atoms with E-state index in [2.05, 4.69) is 0 Å². The van der Waals surface area contributed by atoms with Crippen molar-refractivity contribution < 1.29 is 0 Å². The molecule has 0 radical (unpaired) electrons. The molecule has 0 amide bonds. The summed E-state index contributed by atoms with van der Waals surface area (Å²) in [5, 5.41) is 0.257. The van der Waals surface area contributed by atoms with Crippen LogP contribution in [0.2, 0.25) is 0 Å². The molecule has 2 heterocycles. The van der Waals surface area contributed by atoms with E-state index in [4.69, 9.17) is 5.84 Å². The Hall–Kier alpha value is -3.48. The molecule has 0 aliphatic carbocycles. The number of aryl methyl sites for hydroxylation is 1. The summed E-state index contributed by atoms with van der Waals surface area (Å²) in [6.07, 6.45) is 0. The molecular formula is C17H11N3O4. The normalized spacial score (nSPS) is 11.5. The lowest BCUT2D eigenvalue weighted by molar-refractivity contribution is 0.935. The van der Waals surface area contributed by atoms with Gasteiger partial charge in [-0.2, -0.15) is 4.68 Å². The molecule has 0 saturated carbocycles. The Kier molecular flexibility index (Phi) is 2.66. The van der Waals surface area contributed by atoms with E-state index < -0.39 is 22.2 Å². The first-order valence-corrected chi connectivity index (χ1v) is 7.17. The molecule has 4 rings (SSSR count). The Morgan fingerprint density at radius 1 is 0.708 bits per heavy atom. The van der Waals surface area contributed by atoms with Crippen molar-refractivity contribution in [1.82, 2.24) is 9.24 Å². The van der Waals surface area contributed by atoms with Crippen LogP contribution in [0, 0.1) is 6.92 Å². The third kappa shape index (κ3) is 1.66. The number of hydrogen-bond acceptors (Lipinski definition) is 5. The molecule has 0 saturated heterocycles. The zero-order chi connectivity index (χ0) is 17.2. The van der Waals surface area contributed by atoms with E-state index in [0.717, 1.165) is 10.1 Å². The predicted octanol–water partition coefficient (Wildman–Crippen LogP) is -0.0762. The van der Waals surface area contributed by atoms with Gasteiger partial charge in [-0.25, -0.2) is 4.57 Å². The van der Waals surface area contributed by atoms with Gasteiger partial charge in [0.05, 0.1) is 27.2 Å². The van der Waals surface area contributed by atoms with Crippen LogP contribution in [0.15, 0.2) is 55.6 Å². The van der Waals surface area contributed by atoms with Crippen LogP contribution >= 0.6 is 0 Å². The van der Waals surface area contributed by atoms with Gasteiger partial charge in [-0.3, -0.25) is 19.2 Å². The highest BCUT2D eigenvalue weighted by atomic mass is 16.2. The molecule has 2 aromatic carbocycles. The third-order valence-corrected chi connectivity index (χ3v) is 4.22. The van der Waals surface area contributed by atoms with Crippen molar-refractivity contribution in [3.05, 3.63) is 83.4 Å². The van der Waals surface area contributed by atoms with Crippen LogP contribution in [-0.4, -0.2) is 9.24 Å². The van der Waals surface area contributed by atoms with Gasteiger partial charge < -0.3 is 5.84 Å². The Morgan fingerprint density at radius 2 is 1.12 bits per heavy atom. The number of fused-ring (bicyclic) bond motifs is 2. The second-order valence-electron chi connectivity index (χ2n) is 5.70. The Balaban J connectivity index is 2.18. The third-order valence-electron chi connectivity index (χ3n) is 4.22. The van der Waals surface area contributed by atoms with Crippen LogP contribution in [0.5, 0.6) is 0 Å². The summed E-state index contributed by atoms with van der Waals surface area (Å²) < 4.78 is 1.51. The minimum absolute atomic E-state index is 0.0353. The summed E-state index contributed by atoms with van der Waals surface area (Å²) in [5.41, 5.74) is -1.01. The maximum atomic E-state index is 12.6. The number of nitrogen functional groups attached to an aromatic ring is 1. The summed E-state index contributed by atoms with van der Waals surface area (Å²) in [6.45, 7) is 1.90. The minimum Gasteiger partial charge on any atom is -0.333 e. The van der Waals surface area contributed by atoms with Crippen LogP contribution in [0.3, 0.4) is 0 Å². The number of nitrogens with two attached hydrogens (primary N) is 1. The van der Waals surface area contributed by atoms with Crippen LogP contribution in [-0.2, 0) is 0 Å². The number of hydrogen-bond donors (Lipinski definition) is 1. The average molecular weight is 321 g/mol. The van der Waals surface area contributed by atoms with Gasteiger partial charge in [0.15, 0.2) is 0 Å². The van der Waals surface area contributed by atoms with Crippen molar-refractivity contribution in [2.24, 2.45) is 0 Å². The van der Waals surface area contributed by atoms with Crippen molar-refractivity contribution >= 4 is 21.5 Å². The van der Waals surface area contributed by atoms with Gasteiger partial charge in [-0.15, -0.1) is 0 Å². The van der Waals surface area contributed by atoms with E-state index in [-0.39, 0.29) is 21.5 Å². The van der Waals surface area contributed by atoms with Crippen LogP contribution in [0.1, 0.15) is 5.56 Å². The largest absolute Gasteiger partial charge is 0.333 e. The fraction of sp³-hybridized carbons (Fsp3) is 0.0588. The molecular weight excluding hydrogens is 310 g/mol. The number of benzene rings is 2. The zero-order valence-corrected chi connectivity index (χ0v) is 12.6. The summed E-state index contributed by atoms with van der Waals surface area (Å²) in [5.74, 6) is 5.39. The highest BCUT2D eigenvalue weighted by molar-refractivity contribution is 5.98. The molecule has 0 aliphatic rings. The van der Waals surface area contributed by atoms with Gasteiger partial charge >= 0.3 is 0 Å². The highest BCUT2D eigenvalue weighted by Gasteiger charge is 2.19. The molecule has 0 aliphatic heterocycles. The monoisotopic (exact) mass is 321 g/mol. The number of rotatable bonds is 1. The summed E-state index contributed by atoms with van der Waals surface area (Å²) in [4.78, 5) is 49.2. The zero-order valence-electron chi connectivity index (χ0n) is 12.6. The molecule has 0 atom stereocenters. The van der Waals surface area contributed by atoms with Crippen molar-refractivity contribution in [2.75, 3.05) is 5.84 Å². The molecule has 24 heavy (non-hydrogen) atoms. The van der Waals surface area contributed by atoms with Crippen LogP contribution in [0.4, 0.5) is 0 Å². The summed E-state index contributed by atoms with van der Waals surface area (Å²) >= 11 is 0. The van der Waals surface area contributed by atoms with Crippen LogP contribution < -0.4 is 28.1 Å². The molecule has 0 bridgehead atoms. The van der Waals surface area contributed by atoms with Crippen LogP contribution in [0.25, 0.3) is 27.2 Å². The molecule has 7 heteroatoms. The fourth-order valence-corrected chi connectivity index (χ4v) is 2.92. The topological polar surface area (TPSA) is 104 Å². The highest BCUT2D eigenvalue weighted by Crippen LogP contribution is 2.15. The van der Waals surface area contributed by atoms with Crippen molar-refractivity contribution in [1.29, 1.82) is 0 Å². The Bertz CT molecular complexity index is 1250. The fourth-order valence-electron chi connectivity index (χ4n) is 2.92. The van der Waals surface area contributed by atoms with E-state index in [1.807, 2.05) is 6.92 Å². The standard InChI is InChI=1S/C17H11N3O4/c1-8-2-4-9(5-3-8)19-14(21)10-6-12-13(7-11(10)15(19)22)17(24)20(18)16(12)23/h2-7H,18H2,1H3. The summed E-state index contributed by atoms with van der Waals surface area (Å²) in [7, 11) is 0. The number of nitrogens with zero attached hydrogens (tertiary/aromatic N) is 2. The SMILES string of the molecule is Cc1ccc(-n2c(=O)c3cc4c(=O)n(N)c(=O)c4cc3c2=O)cc1. The van der Waals surface area contributed by atoms with E-state index in [1.165, 1.54) is 12.1 Å². The maximum absolute atomic E-state index is 12.6. The number of aromatic nitrogens is 2. The Morgan fingerprint density at radius 3 is 1.58 bits per heavy atom. The molecule has 0 unspecified atom stereocenters. The second-order valence-corrected chi connectivity index (χ2v) is 5.70. The minimum atomic E-state index is -0.688. The van der Waals surface area contributed by atoms with E-state index in [1.54, 1.807) is 24.3 Å². The van der Waals surface area contributed by atoms with Gasteiger partial charge in [0.2, 0.25) is 0 Å². The van der Waals surface area contributed by atoms with Crippen molar-refractivity contribution in [2.45, 2.75) is 6.92 Å². The average Bonchev–Trinajstić information content (AvgIpc) is 2.94. The molecule has 7 nitrogen and oxygen atoms in total.